The van der Waals surface area contributed by atoms with Gasteiger partial charge in [-0.2, -0.15) is 13.2 Å². The number of alkyl halides is 3. The highest BCUT2D eigenvalue weighted by molar-refractivity contribution is 7.91. The first-order valence-electron chi connectivity index (χ1n) is 9.99. The minimum absolute atomic E-state index is 0.00145. The molecule has 1 aromatic carbocycles. The third-order valence-corrected chi connectivity index (χ3v) is 7.57. The number of amides is 1. The second-order valence-corrected chi connectivity index (χ2v) is 10.2. The van der Waals surface area contributed by atoms with Crippen molar-refractivity contribution in [3.63, 3.8) is 0 Å². The van der Waals surface area contributed by atoms with Crippen LogP contribution in [-0.2, 0) is 20.8 Å². The Morgan fingerprint density at radius 3 is 2.39 bits per heavy atom. The highest BCUT2D eigenvalue weighted by atomic mass is 32.2. The van der Waals surface area contributed by atoms with Gasteiger partial charge in [-0.25, -0.2) is 8.42 Å². The summed E-state index contributed by atoms with van der Waals surface area (Å²) in [6, 6.07) is 9.71. The second kappa shape index (κ2) is 8.18. The molecule has 0 bridgehead atoms. The van der Waals surface area contributed by atoms with Crippen molar-refractivity contribution < 1.29 is 30.9 Å². The lowest BCUT2D eigenvalue weighted by Gasteiger charge is -2.43. The molecule has 2 aromatic rings. The molecule has 0 aliphatic carbocycles. The number of halogens is 3. The molecule has 168 valence electrons. The predicted octanol–water partition coefficient (Wildman–Crippen LogP) is 2.91. The minimum Gasteiger partial charge on any atom is -0.350 e. The molecule has 2 saturated heterocycles. The van der Waals surface area contributed by atoms with Crippen molar-refractivity contribution in [2.45, 2.75) is 25.1 Å². The summed E-state index contributed by atoms with van der Waals surface area (Å²) in [4.78, 5) is 16.6. The Kier molecular flexibility index (Phi) is 5.71. The lowest BCUT2D eigenvalue weighted by molar-refractivity contribution is -0.155. The Morgan fingerprint density at radius 1 is 1.10 bits per heavy atom. The van der Waals surface area contributed by atoms with Crippen molar-refractivity contribution >= 4 is 21.6 Å². The molecule has 3 heterocycles. The number of hydrogen-bond acceptors (Lipinski definition) is 6. The van der Waals surface area contributed by atoms with Gasteiger partial charge in [-0.3, -0.25) is 4.79 Å². The summed E-state index contributed by atoms with van der Waals surface area (Å²) in [6.07, 6.45) is -4.04. The first-order chi connectivity index (χ1) is 14.6. The van der Waals surface area contributed by atoms with Gasteiger partial charge >= 0.3 is 6.18 Å². The fourth-order valence-corrected chi connectivity index (χ4v) is 5.63. The molecule has 0 radical (unpaired) electrons. The van der Waals surface area contributed by atoms with Crippen molar-refractivity contribution in [1.82, 2.24) is 10.1 Å². The molecular weight excluding hydrogens is 435 g/mol. The molecule has 7 nitrogen and oxygen atoms in total. The Morgan fingerprint density at radius 2 is 1.77 bits per heavy atom. The summed E-state index contributed by atoms with van der Waals surface area (Å²) in [5, 5.41) is 3.57. The monoisotopic (exact) mass is 457 g/mol. The number of hydrogen-bond donors (Lipinski definition) is 0. The van der Waals surface area contributed by atoms with Crippen LogP contribution in [0.1, 0.15) is 30.2 Å². The van der Waals surface area contributed by atoms with Crippen LogP contribution >= 0.6 is 0 Å². The zero-order valence-electron chi connectivity index (χ0n) is 16.6. The molecule has 2 aliphatic rings. The van der Waals surface area contributed by atoms with E-state index in [1.807, 2.05) is 30.3 Å². The van der Waals surface area contributed by atoms with Gasteiger partial charge in [0.15, 0.2) is 5.82 Å². The Hall–Kier alpha value is -2.56. The summed E-state index contributed by atoms with van der Waals surface area (Å²) < 4.78 is 66.6. The van der Waals surface area contributed by atoms with Crippen LogP contribution in [0.3, 0.4) is 0 Å². The summed E-state index contributed by atoms with van der Waals surface area (Å²) in [6.45, 7) is 0.838. The van der Waals surface area contributed by atoms with Crippen LogP contribution in [-0.4, -0.2) is 55.5 Å². The van der Waals surface area contributed by atoms with Crippen molar-refractivity contribution in [1.29, 1.82) is 0 Å². The zero-order valence-corrected chi connectivity index (χ0v) is 17.4. The molecule has 1 atom stereocenters. The Labute approximate surface area is 177 Å². The average molecular weight is 457 g/mol. The molecule has 31 heavy (non-hydrogen) atoms. The molecule has 4 rings (SSSR count). The van der Waals surface area contributed by atoms with Gasteiger partial charge in [0.2, 0.25) is 11.7 Å². The Bertz CT molecular complexity index is 1030. The molecule has 1 aromatic heterocycles. The maximum absolute atomic E-state index is 13.3. The predicted molar refractivity (Wildman–Crippen MR) is 106 cm³/mol. The van der Waals surface area contributed by atoms with E-state index in [4.69, 9.17) is 0 Å². The summed E-state index contributed by atoms with van der Waals surface area (Å²) in [5.74, 6) is -1.58. The molecule has 0 spiro atoms. The minimum atomic E-state index is -4.62. The van der Waals surface area contributed by atoms with E-state index in [1.54, 1.807) is 9.80 Å². The number of rotatable bonds is 3. The van der Waals surface area contributed by atoms with Gasteiger partial charge in [0.25, 0.3) is 0 Å². The molecule has 1 amide bonds. The van der Waals surface area contributed by atoms with Gasteiger partial charge in [-0.15, -0.1) is 0 Å². The maximum atomic E-state index is 13.3. The number of nitrogens with zero attached hydrogens (tertiary/aromatic N) is 3. The fraction of sp³-hybridized carbons (Fsp3) is 0.500. The van der Waals surface area contributed by atoms with Gasteiger partial charge in [-0.1, -0.05) is 35.5 Å². The largest absolute Gasteiger partial charge is 0.452 e. The highest BCUT2D eigenvalue weighted by Crippen LogP contribution is 2.35. The number of carbonyl (C=O) groups excluding carboxylic acids is 1. The average Bonchev–Trinajstić information content (AvgIpc) is 3.24. The number of aromatic nitrogens is 1. The van der Waals surface area contributed by atoms with E-state index in [-0.39, 0.29) is 42.2 Å². The van der Waals surface area contributed by atoms with E-state index >= 15 is 0 Å². The van der Waals surface area contributed by atoms with Gasteiger partial charge in [-0.05, 0) is 18.4 Å². The molecule has 0 saturated carbocycles. The molecule has 2 aliphatic heterocycles. The first-order valence-corrected chi connectivity index (χ1v) is 11.8. The lowest BCUT2D eigenvalue weighted by Crippen LogP contribution is -2.53. The molecular formula is C20H22F3N3O4S. The smallest absolute Gasteiger partial charge is 0.350 e. The van der Waals surface area contributed by atoms with E-state index in [2.05, 4.69) is 9.68 Å². The van der Waals surface area contributed by atoms with Gasteiger partial charge in [0.05, 0.1) is 17.5 Å². The summed E-state index contributed by atoms with van der Waals surface area (Å²) in [5.41, 5.74) is 0.850. The van der Waals surface area contributed by atoms with E-state index in [0.29, 0.717) is 19.4 Å². The zero-order chi connectivity index (χ0) is 22.2. The van der Waals surface area contributed by atoms with Crippen LogP contribution in [0.5, 0.6) is 0 Å². The summed E-state index contributed by atoms with van der Waals surface area (Å²) in [7, 11) is -3.09. The molecule has 11 heteroatoms. The third-order valence-electron chi connectivity index (χ3n) is 5.85. The fourth-order valence-electron chi connectivity index (χ4n) is 4.14. The van der Waals surface area contributed by atoms with E-state index in [9.17, 15) is 26.4 Å². The standard InChI is InChI=1S/C20H22F3N3O4S/c21-20(22,23)17-12-18(24-30-17)25-8-9-26(16(13-25)14-4-2-1-3-5-14)19(27)15-6-10-31(28,29)11-7-15/h1-5,12,15-16H,6-11,13H2. The van der Waals surface area contributed by atoms with Crippen molar-refractivity contribution in [3.05, 3.63) is 47.7 Å². The van der Waals surface area contributed by atoms with E-state index in [0.717, 1.165) is 11.6 Å². The number of sulfone groups is 1. The van der Waals surface area contributed by atoms with Crippen LogP contribution in [0.15, 0.2) is 40.9 Å². The Balaban J connectivity index is 1.56. The van der Waals surface area contributed by atoms with Gasteiger partial charge in [0.1, 0.15) is 9.84 Å². The number of anilines is 1. The van der Waals surface area contributed by atoms with Gasteiger partial charge < -0.3 is 14.3 Å². The van der Waals surface area contributed by atoms with E-state index < -0.39 is 27.8 Å². The number of benzene rings is 1. The van der Waals surface area contributed by atoms with Gasteiger partial charge in [0, 0.05) is 31.6 Å². The lowest BCUT2D eigenvalue weighted by atomic mass is 9.96. The number of carbonyl (C=O) groups is 1. The van der Waals surface area contributed by atoms with Crippen LogP contribution < -0.4 is 4.90 Å². The first kappa shape index (κ1) is 21.7. The molecule has 2 fully saturated rings. The third kappa shape index (κ3) is 4.70. The van der Waals surface area contributed by atoms with Crippen LogP contribution in [0.2, 0.25) is 0 Å². The van der Waals surface area contributed by atoms with Crippen LogP contribution in [0.25, 0.3) is 0 Å². The molecule has 0 N–H and O–H groups in total. The second-order valence-electron chi connectivity index (χ2n) is 7.88. The van der Waals surface area contributed by atoms with Crippen molar-refractivity contribution in [2.75, 3.05) is 36.0 Å². The quantitative estimate of drug-likeness (QED) is 0.705. The SMILES string of the molecule is O=C(C1CCS(=O)(=O)CC1)N1CCN(c2cc(C(F)(F)F)on2)CC1c1ccccc1. The van der Waals surface area contributed by atoms with Crippen LogP contribution in [0, 0.1) is 5.92 Å². The highest BCUT2D eigenvalue weighted by Gasteiger charge is 2.40. The topological polar surface area (TPSA) is 83.7 Å². The van der Waals surface area contributed by atoms with Crippen LogP contribution in [0.4, 0.5) is 19.0 Å². The summed E-state index contributed by atoms with van der Waals surface area (Å²) >= 11 is 0. The maximum Gasteiger partial charge on any atom is 0.452 e. The number of piperazine rings is 1. The van der Waals surface area contributed by atoms with Crippen molar-refractivity contribution in [2.24, 2.45) is 5.92 Å². The van der Waals surface area contributed by atoms with Crippen molar-refractivity contribution in [3.8, 4) is 0 Å². The van der Waals surface area contributed by atoms with E-state index in [1.165, 1.54) is 0 Å². The molecule has 1 unspecified atom stereocenters. The normalized spacial score (nSPS) is 22.5.